The van der Waals surface area contributed by atoms with Crippen molar-refractivity contribution in [1.29, 1.82) is 0 Å². The highest BCUT2D eigenvalue weighted by Crippen LogP contribution is 2.45. The van der Waals surface area contributed by atoms with E-state index >= 15 is 0 Å². The largest absolute Gasteiger partial charge is 0.385 e. The summed E-state index contributed by atoms with van der Waals surface area (Å²) in [7, 11) is 0. The van der Waals surface area contributed by atoms with Crippen molar-refractivity contribution < 1.29 is 14.3 Å². The molecule has 2 aliphatic rings. The monoisotopic (exact) mass is 341 g/mol. The van der Waals surface area contributed by atoms with E-state index < -0.39 is 5.60 Å². The first-order chi connectivity index (χ1) is 12.0. The lowest BCUT2D eigenvalue weighted by Crippen LogP contribution is -2.53. The van der Waals surface area contributed by atoms with Crippen molar-refractivity contribution >= 4 is 11.7 Å². The average molecular weight is 341 g/mol. The minimum Gasteiger partial charge on any atom is -0.385 e. The van der Waals surface area contributed by atoms with E-state index in [9.17, 15) is 14.3 Å². The summed E-state index contributed by atoms with van der Waals surface area (Å²) in [6.45, 7) is 0. The van der Waals surface area contributed by atoms with Crippen molar-refractivity contribution in [2.24, 2.45) is 0 Å². The molecule has 1 aromatic heterocycles. The van der Waals surface area contributed by atoms with Gasteiger partial charge >= 0.3 is 6.03 Å². The predicted octanol–water partition coefficient (Wildman–Crippen LogP) is 3.27. The van der Waals surface area contributed by atoms with Gasteiger partial charge in [0.05, 0.1) is 5.60 Å². The zero-order valence-electron chi connectivity index (χ0n) is 13.7. The Bertz CT molecular complexity index is 769. The highest BCUT2D eigenvalue weighted by atomic mass is 19.1. The van der Waals surface area contributed by atoms with Gasteiger partial charge in [0.1, 0.15) is 5.82 Å². The normalized spacial score (nSPS) is 28.0. The molecule has 6 heteroatoms. The van der Waals surface area contributed by atoms with Crippen LogP contribution in [0.1, 0.15) is 31.2 Å². The van der Waals surface area contributed by atoms with Crippen LogP contribution in [-0.4, -0.2) is 33.1 Å². The summed E-state index contributed by atoms with van der Waals surface area (Å²) in [5.41, 5.74) is 0.296. The number of halogens is 1. The van der Waals surface area contributed by atoms with Crippen LogP contribution in [0.3, 0.4) is 0 Å². The molecule has 25 heavy (non-hydrogen) atoms. The molecule has 0 aliphatic carbocycles. The Morgan fingerprint density at radius 2 is 2.00 bits per heavy atom. The summed E-state index contributed by atoms with van der Waals surface area (Å²) in [6, 6.07) is 9.29. The molecule has 0 spiro atoms. The number of benzene rings is 1. The first-order valence-corrected chi connectivity index (χ1v) is 8.53. The number of nitrogens with zero attached hydrogens (tertiary/aromatic N) is 2. The number of aliphatic hydroxyl groups is 1. The summed E-state index contributed by atoms with van der Waals surface area (Å²) in [5, 5.41) is 13.9. The van der Waals surface area contributed by atoms with Crippen LogP contribution in [0.25, 0.3) is 0 Å². The van der Waals surface area contributed by atoms with Gasteiger partial charge in [-0.15, -0.1) is 0 Å². The van der Waals surface area contributed by atoms with Gasteiger partial charge in [0.25, 0.3) is 0 Å². The lowest BCUT2D eigenvalue weighted by Gasteiger charge is -2.43. The van der Waals surface area contributed by atoms with Crippen LogP contribution in [0.4, 0.5) is 14.9 Å². The van der Waals surface area contributed by atoms with E-state index in [4.69, 9.17) is 0 Å². The van der Waals surface area contributed by atoms with E-state index in [1.807, 2.05) is 17.0 Å². The molecule has 2 saturated heterocycles. The predicted molar refractivity (Wildman–Crippen MR) is 91.4 cm³/mol. The van der Waals surface area contributed by atoms with Gasteiger partial charge in [-0.3, -0.25) is 4.98 Å². The third-order valence-electron chi connectivity index (χ3n) is 5.28. The second kappa shape index (κ2) is 6.11. The molecule has 5 nitrogen and oxygen atoms in total. The maximum atomic E-state index is 13.3. The smallest absolute Gasteiger partial charge is 0.322 e. The Balaban J connectivity index is 1.52. The third-order valence-corrected chi connectivity index (χ3v) is 5.28. The molecule has 0 saturated carbocycles. The molecular formula is C19H20FN3O2. The Kier molecular flexibility index (Phi) is 3.92. The van der Waals surface area contributed by atoms with Crippen molar-refractivity contribution in [1.82, 2.24) is 9.88 Å². The highest BCUT2D eigenvalue weighted by Gasteiger charge is 2.50. The summed E-state index contributed by atoms with van der Waals surface area (Å²) < 4.78 is 13.3. The van der Waals surface area contributed by atoms with Gasteiger partial charge in [-0.05, 0) is 37.1 Å². The van der Waals surface area contributed by atoms with Gasteiger partial charge in [0.2, 0.25) is 0 Å². The quantitative estimate of drug-likeness (QED) is 0.881. The standard InChI is InChI=1S/C19H20FN3O2/c20-14-4-1-5-15(9-14)22-18(24)23-16-6-7-17(23)11-19(25,10-16)13-3-2-8-21-12-13/h1-5,8-9,12,16-17,25H,6-7,10-11H2,(H,22,24)/t16-,17-/m0/s1. The van der Waals surface area contributed by atoms with Crippen LogP contribution in [0.2, 0.25) is 0 Å². The first-order valence-electron chi connectivity index (χ1n) is 8.53. The maximum absolute atomic E-state index is 13.3. The Labute approximate surface area is 145 Å². The molecule has 2 aromatic rings. The summed E-state index contributed by atoms with van der Waals surface area (Å²) in [6.07, 6.45) is 6.09. The molecule has 1 aromatic carbocycles. The topological polar surface area (TPSA) is 65.5 Å². The van der Waals surface area contributed by atoms with E-state index in [0.29, 0.717) is 18.5 Å². The first kappa shape index (κ1) is 16.0. The van der Waals surface area contributed by atoms with Crippen molar-refractivity contribution in [3.05, 3.63) is 60.2 Å². The van der Waals surface area contributed by atoms with Gasteiger partial charge in [-0.2, -0.15) is 0 Å². The molecule has 2 N–H and O–H groups in total. The zero-order valence-corrected chi connectivity index (χ0v) is 13.7. The minimum atomic E-state index is -0.949. The van der Waals surface area contributed by atoms with E-state index in [-0.39, 0.29) is 23.9 Å². The number of amides is 2. The SMILES string of the molecule is O=C(Nc1cccc(F)c1)N1[C@H]2CC[C@H]1CC(O)(c1cccnc1)C2. The Hall–Kier alpha value is -2.47. The average Bonchev–Trinajstić information content (AvgIpc) is 2.88. The van der Waals surface area contributed by atoms with Gasteiger partial charge < -0.3 is 15.3 Å². The molecule has 2 atom stereocenters. The number of carbonyl (C=O) groups excluding carboxylic acids is 1. The molecule has 130 valence electrons. The van der Waals surface area contributed by atoms with Crippen LogP contribution in [0.5, 0.6) is 0 Å². The lowest BCUT2D eigenvalue weighted by molar-refractivity contribution is -0.0424. The fourth-order valence-corrected chi connectivity index (χ4v) is 4.18. The lowest BCUT2D eigenvalue weighted by atomic mass is 9.81. The van der Waals surface area contributed by atoms with Gasteiger partial charge in [0.15, 0.2) is 0 Å². The van der Waals surface area contributed by atoms with Gasteiger partial charge in [-0.1, -0.05) is 12.1 Å². The van der Waals surface area contributed by atoms with Crippen LogP contribution >= 0.6 is 0 Å². The van der Waals surface area contributed by atoms with Crippen molar-refractivity contribution in [2.45, 2.75) is 43.4 Å². The number of carbonyl (C=O) groups is 1. The molecule has 2 aliphatic heterocycles. The molecule has 2 amide bonds. The van der Waals surface area contributed by atoms with Gasteiger partial charge in [-0.25, -0.2) is 9.18 Å². The number of hydrogen-bond acceptors (Lipinski definition) is 3. The Morgan fingerprint density at radius 1 is 1.24 bits per heavy atom. The van der Waals surface area contributed by atoms with E-state index in [0.717, 1.165) is 18.4 Å². The van der Waals surface area contributed by atoms with Crippen molar-refractivity contribution in [3.63, 3.8) is 0 Å². The maximum Gasteiger partial charge on any atom is 0.322 e. The molecule has 4 rings (SSSR count). The third kappa shape index (κ3) is 2.98. The second-order valence-corrected chi connectivity index (χ2v) is 6.91. The molecule has 0 unspecified atom stereocenters. The molecule has 3 heterocycles. The summed E-state index contributed by atoms with van der Waals surface area (Å²) in [4.78, 5) is 18.6. The van der Waals surface area contributed by atoms with E-state index in [1.165, 1.54) is 12.1 Å². The van der Waals surface area contributed by atoms with E-state index in [2.05, 4.69) is 10.3 Å². The number of urea groups is 1. The van der Waals surface area contributed by atoms with Gasteiger partial charge in [0, 0.05) is 48.6 Å². The van der Waals surface area contributed by atoms with Crippen LogP contribution in [-0.2, 0) is 5.60 Å². The fraction of sp³-hybridized carbons (Fsp3) is 0.368. The number of aromatic nitrogens is 1. The van der Waals surface area contributed by atoms with E-state index in [1.54, 1.807) is 24.5 Å². The van der Waals surface area contributed by atoms with Crippen molar-refractivity contribution in [3.8, 4) is 0 Å². The van der Waals surface area contributed by atoms with Crippen LogP contribution in [0, 0.1) is 5.82 Å². The molecule has 2 fully saturated rings. The number of piperidine rings is 1. The zero-order chi connectivity index (χ0) is 17.4. The number of nitrogens with one attached hydrogen (secondary N) is 1. The minimum absolute atomic E-state index is 0.0301. The molecular weight excluding hydrogens is 321 g/mol. The number of anilines is 1. The molecule has 0 radical (unpaired) electrons. The Morgan fingerprint density at radius 3 is 2.64 bits per heavy atom. The highest BCUT2D eigenvalue weighted by molar-refractivity contribution is 5.90. The van der Waals surface area contributed by atoms with Crippen LogP contribution in [0.15, 0.2) is 48.8 Å². The summed E-state index contributed by atoms with van der Waals surface area (Å²) in [5.74, 6) is -0.384. The number of rotatable bonds is 2. The number of hydrogen-bond donors (Lipinski definition) is 2. The molecule has 2 bridgehead atoms. The number of fused-ring (bicyclic) bond motifs is 2. The number of pyridine rings is 1. The second-order valence-electron chi connectivity index (χ2n) is 6.91. The van der Waals surface area contributed by atoms with Crippen molar-refractivity contribution in [2.75, 3.05) is 5.32 Å². The van der Waals surface area contributed by atoms with Crippen LogP contribution < -0.4 is 5.32 Å². The summed E-state index contributed by atoms with van der Waals surface area (Å²) >= 11 is 0. The fourth-order valence-electron chi connectivity index (χ4n) is 4.18.